The van der Waals surface area contributed by atoms with Crippen LogP contribution in [-0.4, -0.2) is 64.8 Å². The third kappa shape index (κ3) is 9.68. The summed E-state index contributed by atoms with van der Waals surface area (Å²) in [6.45, 7) is 27.0. The van der Waals surface area contributed by atoms with Gasteiger partial charge in [0.2, 0.25) is 0 Å². The molecular weight excluding hydrogens is 675 g/mol. The number of aryl methyl sites for hydroxylation is 5. The molecule has 0 aliphatic heterocycles. The van der Waals surface area contributed by atoms with E-state index >= 15 is 0 Å². The fraction of sp³-hybridized carbons (Fsp3) is 0.439. The highest BCUT2D eigenvalue weighted by atomic mass is 15.1. The predicted octanol–water partition coefficient (Wildman–Crippen LogP) is 9.52. The van der Waals surface area contributed by atoms with E-state index in [2.05, 4.69) is 158 Å². The van der Waals surface area contributed by atoms with E-state index < -0.39 is 0 Å². The molecule has 13 heteroatoms. The largest absolute Gasteiger partial charge is 0.342 e. The Morgan fingerprint density at radius 2 is 1.06 bits per heavy atom. The van der Waals surface area contributed by atoms with Crippen molar-refractivity contribution in [3.05, 3.63) is 88.3 Å². The lowest BCUT2D eigenvalue weighted by Crippen LogP contribution is -1.96. The first-order valence-electron chi connectivity index (χ1n) is 18.8. The lowest BCUT2D eigenvalue weighted by molar-refractivity contribution is 0.797. The number of rotatable bonds is 5. The normalized spacial score (nSPS) is 11.4. The quantitative estimate of drug-likeness (QED) is 0.134. The molecule has 8 rings (SSSR count). The van der Waals surface area contributed by atoms with Crippen LogP contribution in [-0.2, 0) is 6.42 Å². The third-order valence-electron chi connectivity index (χ3n) is 8.67. The minimum absolute atomic E-state index is 0.381. The number of H-pyrrole nitrogens is 4. The molecule has 0 aliphatic rings. The van der Waals surface area contributed by atoms with Crippen molar-refractivity contribution in [2.45, 2.75) is 120 Å². The molecule has 0 fully saturated rings. The number of aromatic amines is 4. The van der Waals surface area contributed by atoms with Crippen molar-refractivity contribution in [3.8, 4) is 0 Å². The number of imidazole rings is 4. The average molecular weight is 730 g/mol. The molecule has 7 aromatic heterocycles. The van der Waals surface area contributed by atoms with Crippen LogP contribution in [0.25, 0.3) is 44.7 Å². The molecule has 54 heavy (non-hydrogen) atoms. The van der Waals surface area contributed by atoms with Crippen molar-refractivity contribution in [1.82, 2.24) is 64.8 Å². The summed E-state index contributed by atoms with van der Waals surface area (Å²) in [5.41, 5.74) is 11.7. The Hall–Kier alpha value is -5.59. The Bertz CT molecular complexity index is 2260. The topological polar surface area (TPSA) is 179 Å². The van der Waals surface area contributed by atoms with Gasteiger partial charge in [-0.05, 0) is 63.4 Å². The van der Waals surface area contributed by atoms with Crippen molar-refractivity contribution < 1.29 is 0 Å². The molecule has 8 aromatic rings. The van der Waals surface area contributed by atoms with Crippen LogP contribution in [0.2, 0.25) is 0 Å². The fourth-order valence-electron chi connectivity index (χ4n) is 5.48. The van der Waals surface area contributed by atoms with E-state index in [1.54, 1.807) is 6.20 Å². The summed E-state index contributed by atoms with van der Waals surface area (Å²) < 4.78 is 0. The van der Waals surface area contributed by atoms with Gasteiger partial charge in [-0.3, -0.25) is 0 Å². The molecule has 0 spiro atoms. The van der Waals surface area contributed by atoms with Crippen LogP contribution in [0.5, 0.6) is 0 Å². The van der Waals surface area contributed by atoms with Crippen molar-refractivity contribution >= 4 is 44.7 Å². The summed E-state index contributed by atoms with van der Waals surface area (Å²) in [6, 6.07) is 8.36. The second-order valence-corrected chi connectivity index (χ2v) is 14.9. The highest BCUT2D eigenvalue weighted by molar-refractivity contribution is 5.76. The number of nitrogens with zero attached hydrogens (tertiary/aromatic N) is 9. The zero-order valence-corrected chi connectivity index (χ0v) is 34.0. The fourth-order valence-corrected chi connectivity index (χ4v) is 5.48. The van der Waals surface area contributed by atoms with Gasteiger partial charge in [-0.15, -0.1) is 0 Å². The summed E-state index contributed by atoms with van der Waals surface area (Å²) in [5.74, 6) is 6.43. The smallest absolute Gasteiger partial charge is 0.197 e. The Labute approximate surface area is 317 Å². The van der Waals surface area contributed by atoms with Crippen molar-refractivity contribution in [1.29, 1.82) is 0 Å². The molecule has 13 nitrogen and oxygen atoms in total. The molecule has 0 atom stereocenters. The highest BCUT2D eigenvalue weighted by Crippen LogP contribution is 2.19. The van der Waals surface area contributed by atoms with Crippen LogP contribution in [0, 0.1) is 27.7 Å². The van der Waals surface area contributed by atoms with Gasteiger partial charge in [0.25, 0.3) is 0 Å². The monoisotopic (exact) mass is 729 g/mol. The number of hydrogen-bond donors (Lipinski definition) is 4. The number of hydrogen-bond acceptors (Lipinski definition) is 9. The number of nitrogens with one attached hydrogen (secondary N) is 4. The molecule has 0 amide bonds. The summed E-state index contributed by atoms with van der Waals surface area (Å²) in [7, 11) is 0. The molecule has 0 aliphatic carbocycles. The molecule has 284 valence electrons. The molecule has 0 saturated heterocycles. The molecule has 0 saturated carbocycles. The first kappa shape index (κ1) is 39.6. The average Bonchev–Trinajstić information content (AvgIpc) is 3.92. The van der Waals surface area contributed by atoms with E-state index in [1.807, 2.05) is 27.0 Å². The van der Waals surface area contributed by atoms with Crippen LogP contribution in [0.4, 0.5) is 0 Å². The molecule has 4 N–H and O–H groups in total. The SMILES string of the molecule is CCc1nc2nc(C(C)C)[nH]c2nc1C.Cc1ccc2nc(C(C)C)[nH]c2c1.Cc1cnc2nc(C(C)C)[nH]c2c1.Cc1ncc2[nH]c(C(C)C)nc2n1. The van der Waals surface area contributed by atoms with Gasteiger partial charge < -0.3 is 19.9 Å². The minimum atomic E-state index is 0.381. The highest BCUT2D eigenvalue weighted by Gasteiger charge is 2.11. The maximum absolute atomic E-state index is 4.50. The van der Waals surface area contributed by atoms with E-state index in [0.29, 0.717) is 23.7 Å². The predicted molar refractivity (Wildman–Crippen MR) is 218 cm³/mol. The molecule has 0 radical (unpaired) electrons. The Balaban J connectivity index is 0.000000139. The molecule has 0 unspecified atom stereocenters. The lowest BCUT2D eigenvalue weighted by Gasteiger charge is -1.98. The Kier molecular flexibility index (Phi) is 12.5. The zero-order valence-electron chi connectivity index (χ0n) is 34.0. The van der Waals surface area contributed by atoms with Gasteiger partial charge in [-0.25, -0.2) is 44.9 Å². The second kappa shape index (κ2) is 17.0. The van der Waals surface area contributed by atoms with E-state index in [4.69, 9.17) is 0 Å². The molecule has 0 bridgehead atoms. The van der Waals surface area contributed by atoms with Gasteiger partial charge >= 0.3 is 0 Å². The maximum atomic E-state index is 4.50. The van der Waals surface area contributed by atoms with Crippen molar-refractivity contribution in [3.63, 3.8) is 0 Å². The molecular formula is C41H55N13. The van der Waals surface area contributed by atoms with Crippen LogP contribution in [0.1, 0.15) is 138 Å². The van der Waals surface area contributed by atoms with Gasteiger partial charge in [0, 0.05) is 29.9 Å². The van der Waals surface area contributed by atoms with Gasteiger partial charge in [0.15, 0.2) is 22.6 Å². The summed E-state index contributed by atoms with van der Waals surface area (Å²) in [4.78, 5) is 52.2. The third-order valence-corrected chi connectivity index (χ3v) is 8.67. The zero-order chi connectivity index (χ0) is 39.3. The summed E-state index contributed by atoms with van der Waals surface area (Å²) >= 11 is 0. The molecule has 7 heterocycles. The van der Waals surface area contributed by atoms with E-state index in [-0.39, 0.29) is 0 Å². The van der Waals surface area contributed by atoms with Crippen molar-refractivity contribution in [2.75, 3.05) is 0 Å². The standard InChI is InChI=1S/C11H16N4.C11H14N2.C10H13N3.C9H12N4/c1-5-8-7(4)12-10-11(13-8)15-9(14-10)6(2)3;1-7(2)11-12-9-5-4-8(3)6-10(9)13-11;1-6(2)9-12-8-4-7(3)5-11-10(8)13-9;1-5(2)8-12-7-4-10-6(3)11-9(7)13-8/h6H,5H2,1-4H3,(H,12,13,14,15);4-7H,1-3H3,(H,12,13);4-6H,1-3H3,(H,11,12,13);4-5H,1-3H3,(H,10,11,12,13). The maximum Gasteiger partial charge on any atom is 0.197 e. The van der Waals surface area contributed by atoms with Crippen LogP contribution in [0.15, 0.2) is 36.7 Å². The number of fused-ring (bicyclic) bond motifs is 4. The van der Waals surface area contributed by atoms with E-state index in [9.17, 15) is 0 Å². The van der Waals surface area contributed by atoms with E-state index in [1.165, 1.54) is 5.56 Å². The van der Waals surface area contributed by atoms with Gasteiger partial charge in [-0.2, -0.15) is 0 Å². The molecule has 1 aromatic carbocycles. The van der Waals surface area contributed by atoms with E-state index in [0.717, 1.165) is 97.1 Å². The number of benzene rings is 1. The Morgan fingerprint density at radius 1 is 0.500 bits per heavy atom. The van der Waals surface area contributed by atoms with Crippen LogP contribution in [0.3, 0.4) is 0 Å². The van der Waals surface area contributed by atoms with Crippen LogP contribution < -0.4 is 0 Å². The van der Waals surface area contributed by atoms with Gasteiger partial charge in [-0.1, -0.05) is 68.4 Å². The van der Waals surface area contributed by atoms with Crippen molar-refractivity contribution in [2.24, 2.45) is 0 Å². The summed E-state index contributed by atoms with van der Waals surface area (Å²) in [6.07, 6.45) is 4.52. The van der Waals surface area contributed by atoms with Crippen LogP contribution >= 0.6 is 0 Å². The van der Waals surface area contributed by atoms with Gasteiger partial charge in [0.05, 0.1) is 34.1 Å². The first-order valence-corrected chi connectivity index (χ1v) is 18.8. The second-order valence-electron chi connectivity index (χ2n) is 14.9. The van der Waals surface area contributed by atoms with Gasteiger partial charge in [0.1, 0.15) is 34.6 Å². The number of aromatic nitrogens is 13. The first-order chi connectivity index (χ1) is 25.6. The Morgan fingerprint density at radius 3 is 1.70 bits per heavy atom. The number of pyridine rings is 1. The lowest BCUT2D eigenvalue weighted by atomic mass is 10.2. The minimum Gasteiger partial charge on any atom is -0.342 e. The summed E-state index contributed by atoms with van der Waals surface area (Å²) in [5, 5.41) is 0.